The average Bonchev–Trinajstić information content (AvgIpc) is 3.54. The molecule has 12 nitrogen and oxygen atoms in total. The van der Waals surface area contributed by atoms with Crippen molar-refractivity contribution >= 4 is 23.9 Å². The zero-order chi connectivity index (χ0) is 37.3. The lowest BCUT2D eigenvalue weighted by Crippen LogP contribution is -2.69. The van der Waals surface area contributed by atoms with Gasteiger partial charge in [0, 0.05) is 37.9 Å². The van der Waals surface area contributed by atoms with E-state index in [4.69, 9.17) is 28.9 Å². The van der Waals surface area contributed by atoms with Crippen molar-refractivity contribution in [3.63, 3.8) is 0 Å². The number of aliphatic hydroxyl groups excluding tert-OH is 1. The van der Waals surface area contributed by atoms with Crippen LogP contribution < -0.4 is 10.6 Å². The number of amides is 2. The summed E-state index contributed by atoms with van der Waals surface area (Å²) in [5.41, 5.74) is 4.05. The maximum atomic E-state index is 14.9. The molecule has 1 spiro atoms. The lowest BCUT2D eigenvalue weighted by Gasteiger charge is -2.48. The van der Waals surface area contributed by atoms with Crippen molar-refractivity contribution in [2.75, 3.05) is 13.2 Å². The van der Waals surface area contributed by atoms with Gasteiger partial charge in [0.15, 0.2) is 11.8 Å². The first-order valence-corrected chi connectivity index (χ1v) is 19.6. The lowest BCUT2D eigenvalue weighted by atomic mass is 9.62. The van der Waals surface area contributed by atoms with Crippen LogP contribution in [0, 0.1) is 11.3 Å². The number of fused-ring (bicyclic) bond motifs is 6. The molecule has 4 aliphatic heterocycles. The highest BCUT2D eigenvalue weighted by molar-refractivity contribution is 5.95. The molecule has 9 atom stereocenters. The van der Waals surface area contributed by atoms with E-state index in [9.17, 15) is 14.4 Å². The standard InChI is InChI=1S/C43H45N3O9/c47-17-16-44-39(48)28-11-5-6-26(18-28)23-45-41(50)43-22-34-35-36(54-42(53-35)20-29-8-2-3-9-30(29)21-42)38(43)55-46(37(43)40(49)52-34)24-31-10-4-1-7-27(31)14-12-25-13-15-32-33(19-25)51-32/h1-12,14,18,25,32-38,47H,13,15-17,19-24H2,(H,44,48)(H,45,50). The van der Waals surface area contributed by atoms with Crippen molar-refractivity contribution in [2.24, 2.45) is 11.3 Å². The number of carbonyl (C=O) groups excluding carboxylic acids is 3. The predicted molar refractivity (Wildman–Crippen MR) is 197 cm³/mol. The quantitative estimate of drug-likeness (QED) is 0.208. The van der Waals surface area contributed by atoms with Crippen LogP contribution in [-0.2, 0) is 59.3 Å². The van der Waals surface area contributed by atoms with Crippen molar-refractivity contribution in [2.45, 2.75) is 100 Å². The summed E-state index contributed by atoms with van der Waals surface area (Å²) < 4.78 is 25.6. The van der Waals surface area contributed by atoms with Crippen molar-refractivity contribution < 1.29 is 43.3 Å². The number of aliphatic hydroxyl groups is 1. The van der Waals surface area contributed by atoms with E-state index in [1.807, 2.05) is 36.4 Å². The van der Waals surface area contributed by atoms with Crippen LogP contribution in [0.5, 0.6) is 0 Å². The molecule has 6 fully saturated rings. The number of esters is 1. The van der Waals surface area contributed by atoms with Crippen LogP contribution in [0.2, 0.25) is 0 Å². The van der Waals surface area contributed by atoms with Gasteiger partial charge >= 0.3 is 5.97 Å². The molecule has 3 aliphatic carbocycles. The van der Waals surface area contributed by atoms with Crippen LogP contribution in [0.25, 0.3) is 6.08 Å². The van der Waals surface area contributed by atoms with Gasteiger partial charge in [-0.2, -0.15) is 5.06 Å². The summed E-state index contributed by atoms with van der Waals surface area (Å²) in [6.07, 6.45) is 6.96. The Morgan fingerprint density at radius 3 is 2.53 bits per heavy atom. The Hall–Kier alpha value is -4.43. The van der Waals surface area contributed by atoms with Gasteiger partial charge in [-0.05, 0) is 65.1 Å². The number of allylic oxidation sites excluding steroid dienone is 1. The normalized spacial score (nSPS) is 33.5. The zero-order valence-corrected chi connectivity index (χ0v) is 30.4. The molecule has 55 heavy (non-hydrogen) atoms. The van der Waals surface area contributed by atoms with Gasteiger partial charge in [-0.15, -0.1) is 0 Å². The van der Waals surface area contributed by atoms with Gasteiger partial charge in [0.1, 0.15) is 29.8 Å². The van der Waals surface area contributed by atoms with Crippen LogP contribution in [0.15, 0.2) is 78.9 Å². The summed E-state index contributed by atoms with van der Waals surface area (Å²) in [6, 6.07) is 22.2. The summed E-state index contributed by atoms with van der Waals surface area (Å²) in [5.74, 6) is -1.69. The monoisotopic (exact) mass is 747 g/mol. The van der Waals surface area contributed by atoms with Crippen LogP contribution in [0.4, 0.5) is 0 Å². The molecule has 3 aromatic rings. The van der Waals surface area contributed by atoms with E-state index in [0.717, 1.165) is 41.5 Å². The molecule has 7 aliphatic rings. The number of ether oxygens (including phenoxy) is 4. The van der Waals surface area contributed by atoms with Crippen LogP contribution in [0.3, 0.4) is 0 Å². The Morgan fingerprint density at radius 1 is 0.909 bits per heavy atom. The zero-order valence-electron chi connectivity index (χ0n) is 30.4. The fourth-order valence-corrected chi connectivity index (χ4v) is 10.1. The second-order valence-corrected chi connectivity index (χ2v) is 16.1. The molecule has 3 N–H and O–H groups in total. The highest BCUT2D eigenvalue weighted by Crippen LogP contribution is 2.58. The first-order valence-electron chi connectivity index (χ1n) is 19.6. The fourth-order valence-electron chi connectivity index (χ4n) is 10.1. The summed E-state index contributed by atoms with van der Waals surface area (Å²) in [5, 5.41) is 16.6. The van der Waals surface area contributed by atoms with E-state index in [0.29, 0.717) is 42.1 Å². The van der Waals surface area contributed by atoms with Gasteiger partial charge in [-0.1, -0.05) is 72.8 Å². The summed E-state index contributed by atoms with van der Waals surface area (Å²) >= 11 is 0. The molecule has 10 rings (SSSR count). The number of hydroxylamine groups is 2. The van der Waals surface area contributed by atoms with E-state index >= 15 is 0 Å². The van der Waals surface area contributed by atoms with E-state index in [2.05, 4.69) is 41.0 Å². The first kappa shape index (κ1) is 35.0. The van der Waals surface area contributed by atoms with Gasteiger partial charge < -0.3 is 34.7 Å². The minimum Gasteiger partial charge on any atom is -0.458 e. The van der Waals surface area contributed by atoms with Gasteiger partial charge in [0.2, 0.25) is 5.91 Å². The van der Waals surface area contributed by atoms with Crippen LogP contribution in [-0.4, -0.2) is 89.6 Å². The van der Waals surface area contributed by atoms with Gasteiger partial charge in [0.05, 0.1) is 25.4 Å². The number of rotatable bonds is 10. The maximum Gasteiger partial charge on any atom is 0.327 e. The van der Waals surface area contributed by atoms with Crippen molar-refractivity contribution in [3.05, 3.63) is 112 Å². The Morgan fingerprint density at radius 2 is 1.71 bits per heavy atom. The smallest absolute Gasteiger partial charge is 0.327 e. The molecule has 2 bridgehead atoms. The van der Waals surface area contributed by atoms with E-state index in [1.54, 1.807) is 23.3 Å². The Bertz CT molecular complexity index is 2030. The number of carbonyl (C=O) groups is 3. The van der Waals surface area contributed by atoms with Crippen LogP contribution in [0.1, 0.15) is 63.9 Å². The fraction of sp³-hybridized carbons (Fsp3) is 0.465. The molecule has 12 heteroatoms. The maximum absolute atomic E-state index is 14.9. The third-order valence-electron chi connectivity index (χ3n) is 12.7. The van der Waals surface area contributed by atoms with Crippen molar-refractivity contribution in [1.29, 1.82) is 0 Å². The number of nitrogens with one attached hydrogen (secondary N) is 2. The first-order chi connectivity index (χ1) is 26.8. The summed E-state index contributed by atoms with van der Waals surface area (Å²) in [4.78, 5) is 48.6. The largest absolute Gasteiger partial charge is 0.458 e. The summed E-state index contributed by atoms with van der Waals surface area (Å²) in [6.45, 7) is 0.331. The molecule has 0 radical (unpaired) electrons. The topological polar surface area (TPSA) is 148 Å². The Labute approximate surface area is 319 Å². The molecule has 9 unspecified atom stereocenters. The summed E-state index contributed by atoms with van der Waals surface area (Å²) in [7, 11) is 0. The van der Waals surface area contributed by atoms with E-state index in [-0.39, 0.29) is 44.5 Å². The number of epoxide rings is 1. The number of hydrogen-bond donors (Lipinski definition) is 3. The van der Waals surface area contributed by atoms with Crippen molar-refractivity contribution in [3.8, 4) is 0 Å². The average molecular weight is 748 g/mol. The Balaban J connectivity index is 0.955. The molecule has 2 saturated carbocycles. The van der Waals surface area contributed by atoms with E-state index in [1.165, 1.54) is 0 Å². The van der Waals surface area contributed by atoms with Crippen LogP contribution >= 0.6 is 0 Å². The number of benzene rings is 3. The number of hydrogen-bond acceptors (Lipinski definition) is 10. The minimum absolute atomic E-state index is 0.118. The third-order valence-corrected chi connectivity index (χ3v) is 12.7. The molecule has 4 saturated heterocycles. The highest BCUT2D eigenvalue weighted by atomic mass is 16.8. The molecule has 3 aromatic carbocycles. The molecule has 2 amide bonds. The SMILES string of the molecule is O=C(NCCO)c1cccc(CNC(=O)C23CC4OC(=O)C2N(Cc2ccccc2C=CC2CCC5OC5C2)OC3C2OC3(Cc5ccccc5C3)OC42)c1. The second-order valence-electron chi connectivity index (χ2n) is 16.1. The molecule has 286 valence electrons. The molecule has 0 aromatic heterocycles. The molecular formula is C43H45N3O9. The molecular weight excluding hydrogens is 702 g/mol. The Kier molecular flexibility index (Phi) is 8.69. The van der Waals surface area contributed by atoms with Gasteiger partial charge in [0.25, 0.3) is 5.91 Å². The highest BCUT2D eigenvalue weighted by Gasteiger charge is 2.76. The van der Waals surface area contributed by atoms with E-state index < -0.39 is 47.6 Å². The van der Waals surface area contributed by atoms with Gasteiger partial charge in [-0.3, -0.25) is 19.2 Å². The molecule has 4 heterocycles. The third kappa shape index (κ3) is 6.10. The van der Waals surface area contributed by atoms with Crippen molar-refractivity contribution in [1.82, 2.24) is 15.7 Å². The van der Waals surface area contributed by atoms with Gasteiger partial charge in [-0.25, -0.2) is 0 Å². The minimum atomic E-state index is -1.34. The second kappa shape index (κ2) is 13.6. The lowest BCUT2D eigenvalue weighted by molar-refractivity contribution is -0.217. The predicted octanol–water partition coefficient (Wildman–Crippen LogP) is 3.38. The number of nitrogens with zero attached hydrogens (tertiary/aromatic N) is 1.